The van der Waals surface area contributed by atoms with Crippen LogP contribution in [0.15, 0.2) is 48.7 Å². The quantitative estimate of drug-likeness (QED) is 0.591. The van der Waals surface area contributed by atoms with E-state index in [0.717, 1.165) is 11.6 Å². The molecule has 3 rings (SSSR count). The maximum Gasteiger partial charge on any atom is 0.418 e. The molecule has 0 aliphatic heterocycles. The van der Waals surface area contributed by atoms with Gasteiger partial charge in [-0.3, -0.25) is 0 Å². The molecule has 1 aromatic heterocycles. The second-order valence-corrected chi connectivity index (χ2v) is 5.89. The van der Waals surface area contributed by atoms with Crippen molar-refractivity contribution in [3.05, 3.63) is 70.6 Å². The highest BCUT2D eigenvalue weighted by Crippen LogP contribution is 2.37. The van der Waals surface area contributed by atoms with E-state index in [9.17, 15) is 17.6 Å². The summed E-state index contributed by atoms with van der Waals surface area (Å²) < 4.78 is 52.4. The van der Waals surface area contributed by atoms with Crippen LogP contribution in [0.1, 0.15) is 11.1 Å². The van der Waals surface area contributed by atoms with Crippen LogP contribution in [-0.4, -0.2) is 15.2 Å². The highest BCUT2D eigenvalue weighted by molar-refractivity contribution is 6.30. The first kappa shape index (κ1) is 18.8. The van der Waals surface area contributed by atoms with E-state index in [2.05, 4.69) is 25.8 Å². The minimum Gasteiger partial charge on any atom is -0.349 e. The molecule has 10 heteroatoms. The smallest absolute Gasteiger partial charge is 0.349 e. The number of nitrogens with zero attached hydrogens (tertiary/aromatic N) is 3. The molecule has 0 bridgehead atoms. The Morgan fingerprint density at radius 1 is 1.04 bits per heavy atom. The normalized spacial score (nSPS) is 11.3. The summed E-state index contributed by atoms with van der Waals surface area (Å²) >= 11 is 5.66. The maximum atomic E-state index is 13.2. The summed E-state index contributed by atoms with van der Waals surface area (Å²) in [7, 11) is 0. The van der Waals surface area contributed by atoms with Gasteiger partial charge in [0.1, 0.15) is 5.82 Å². The van der Waals surface area contributed by atoms with Gasteiger partial charge in [-0.15, -0.1) is 5.10 Å². The van der Waals surface area contributed by atoms with Gasteiger partial charge in [-0.1, -0.05) is 23.7 Å². The predicted octanol–water partition coefficient (Wildman–Crippen LogP) is 5.04. The van der Waals surface area contributed by atoms with Crippen molar-refractivity contribution in [3.63, 3.8) is 0 Å². The molecule has 2 aromatic carbocycles. The number of anilines is 3. The van der Waals surface area contributed by atoms with Gasteiger partial charge >= 0.3 is 6.18 Å². The van der Waals surface area contributed by atoms with Crippen LogP contribution in [0.25, 0.3) is 0 Å². The van der Waals surface area contributed by atoms with Gasteiger partial charge in [0, 0.05) is 11.6 Å². The molecule has 5 nitrogen and oxygen atoms in total. The van der Waals surface area contributed by atoms with E-state index >= 15 is 0 Å². The van der Waals surface area contributed by atoms with Crippen LogP contribution >= 0.6 is 11.6 Å². The van der Waals surface area contributed by atoms with Crippen LogP contribution in [0.5, 0.6) is 0 Å². The zero-order valence-electron chi connectivity index (χ0n) is 13.6. The monoisotopic (exact) mass is 397 g/mol. The Balaban J connectivity index is 1.75. The molecule has 0 saturated carbocycles. The third-order valence-electron chi connectivity index (χ3n) is 3.47. The molecule has 0 amide bonds. The molecule has 140 valence electrons. The molecule has 0 aliphatic rings. The zero-order valence-corrected chi connectivity index (χ0v) is 14.3. The fourth-order valence-corrected chi connectivity index (χ4v) is 2.39. The van der Waals surface area contributed by atoms with Crippen molar-refractivity contribution in [2.24, 2.45) is 0 Å². The molecule has 3 aromatic rings. The highest BCUT2D eigenvalue weighted by atomic mass is 35.5. The zero-order chi connectivity index (χ0) is 19.4. The number of benzene rings is 2. The summed E-state index contributed by atoms with van der Waals surface area (Å²) in [4.78, 5) is 4.08. The molecule has 0 unspecified atom stereocenters. The van der Waals surface area contributed by atoms with Gasteiger partial charge in [0.25, 0.3) is 0 Å². The molecule has 27 heavy (non-hydrogen) atoms. The first-order valence-electron chi connectivity index (χ1n) is 7.63. The summed E-state index contributed by atoms with van der Waals surface area (Å²) in [6, 6.07) is 9.16. The van der Waals surface area contributed by atoms with Crippen LogP contribution in [0, 0.1) is 5.82 Å². The lowest BCUT2D eigenvalue weighted by atomic mass is 10.1. The number of halogens is 5. The topological polar surface area (TPSA) is 62.7 Å². The Kier molecular flexibility index (Phi) is 5.41. The fraction of sp³-hybridized carbons (Fsp3) is 0.118. The van der Waals surface area contributed by atoms with E-state index in [0.29, 0.717) is 6.54 Å². The first-order chi connectivity index (χ1) is 12.8. The minimum atomic E-state index is -4.59. The second-order valence-electron chi connectivity index (χ2n) is 5.46. The van der Waals surface area contributed by atoms with E-state index in [1.165, 1.54) is 30.5 Å². The Labute approximate surface area is 156 Å². The fourth-order valence-electron chi connectivity index (χ4n) is 2.22. The third kappa shape index (κ3) is 5.04. The van der Waals surface area contributed by atoms with Gasteiger partial charge in [-0.25, -0.2) is 4.39 Å². The predicted molar refractivity (Wildman–Crippen MR) is 93.3 cm³/mol. The summed E-state index contributed by atoms with van der Waals surface area (Å²) in [5, 5.41) is 12.9. The van der Waals surface area contributed by atoms with Crippen molar-refractivity contribution >= 4 is 29.1 Å². The molecule has 0 fully saturated rings. The van der Waals surface area contributed by atoms with Crippen molar-refractivity contribution in [3.8, 4) is 0 Å². The van der Waals surface area contributed by atoms with Crippen molar-refractivity contribution in [1.82, 2.24) is 15.2 Å². The Hall–Kier alpha value is -2.94. The largest absolute Gasteiger partial charge is 0.418 e. The SMILES string of the molecule is Fc1ccc(CNc2nncc(Nc3ccc(Cl)cc3C(F)(F)F)n2)cc1. The molecule has 0 radical (unpaired) electrons. The van der Waals surface area contributed by atoms with E-state index in [4.69, 9.17) is 11.6 Å². The number of hydrogen-bond acceptors (Lipinski definition) is 5. The van der Waals surface area contributed by atoms with E-state index in [-0.39, 0.29) is 28.3 Å². The molecule has 0 saturated heterocycles. The summed E-state index contributed by atoms with van der Waals surface area (Å²) in [6.07, 6.45) is -3.39. The number of alkyl halides is 3. The lowest BCUT2D eigenvalue weighted by Crippen LogP contribution is -2.10. The van der Waals surface area contributed by atoms with Gasteiger partial charge in [0.15, 0.2) is 5.82 Å². The van der Waals surface area contributed by atoms with Crippen molar-refractivity contribution < 1.29 is 17.6 Å². The molecule has 0 atom stereocenters. The Bertz CT molecular complexity index is 931. The van der Waals surface area contributed by atoms with Gasteiger partial charge in [-0.05, 0) is 35.9 Å². The standard InChI is InChI=1S/C17H12ClF4N5/c18-11-3-6-14(13(7-11)17(20,21)22)25-15-9-24-27-16(26-15)23-8-10-1-4-12(19)5-2-10/h1-7,9H,8H2,(H2,23,25,26,27). The lowest BCUT2D eigenvalue weighted by molar-refractivity contribution is -0.136. The molecule has 2 N–H and O–H groups in total. The van der Waals surface area contributed by atoms with Gasteiger partial charge < -0.3 is 10.6 Å². The van der Waals surface area contributed by atoms with Crippen LogP contribution in [0.3, 0.4) is 0 Å². The number of hydrogen-bond donors (Lipinski definition) is 2. The Morgan fingerprint density at radius 2 is 1.78 bits per heavy atom. The second kappa shape index (κ2) is 7.75. The first-order valence-corrected chi connectivity index (χ1v) is 8.01. The van der Waals surface area contributed by atoms with Crippen LogP contribution in [-0.2, 0) is 12.7 Å². The average molecular weight is 398 g/mol. The van der Waals surface area contributed by atoms with Crippen LogP contribution < -0.4 is 10.6 Å². The van der Waals surface area contributed by atoms with E-state index < -0.39 is 11.7 Å². The van der Waals surface area contributed by atoms with Gasteiger partial charge in [-0.2, -0.15) is 23.3 Å². The van der Waals surface area contributed by atoms with E-state index in [1.54, 1.807) is 12.1 Å². The number of nitrogens with one attached hydrogen (secondary N) is 2. The molecular weight excluding hydrogens is 386 g/mol. The molecule has 1 heterocycles. The molecule has 0 spiro atoms. The van der Waals surface area contributed by atoms with Crippen LogP contribution in [0.2, 0.25) is 5.02 Å². The summed E-state index contributed by atoms with van der Waals surface area (Å²) in [6.45, 7) is 0.292. The number of aromatic nitrogens is 3. The maximum absolute atomic E-state index is 13.2. The third-order valence-corrected chi connectivity index (χ3v) is 3.71. The Morgan fingerprint density at radius 3 is 2.48 bits per heavy atom. The lowest BCUT2D eigenvalue weighted by Gasteiger charge is -2.14. The highest BCUT2D eigenvalue weighted by Gasteiger charge is 2.34. The minimum absolute atomic E-state index is 0.0321. The van der Waals surface area contributed by atoms with Crippen molar-refractivity contribution in [1.29, 1.82) is 0 Å². The molecular formula is C17H12ClF4N5. The average Bonchev–Trinajstić information content (AvgIpc) is 2.62. The van der Waals surface area contributed by atoms with Gasteiger partial charge in [0.05, 0.1) is 17.4 Å². The van der Waals surface area contributed by atoms with Crippen molar-refractivity contribution in [2.45, 2.75) is 12.7 Å². The van der Waals surface area contributed by atoms with Crippen molar-refractivity contribution in [2.75, 3.05) is 10.6 Å². The summed E-state index contributed by atoms with van der Waals surface area (Å²) in [5.74, 6) is -0.183. The molecule has 0 aliphatic carbocycles. The van der Waals surface area contributed by atoms with E-state index in [1.807, 2.05) is 0 Å². The summed E-state index contributed by atoms with van der Waals surface area (Å²) in [5.41, 5.74) is -0.360. The van der Waals surface area contributed by atoms with Crippen LogP contribution in [0.4, 0.5) is 35.0 Å². The van der Waals surface area contributed by atoms with Gasteiger partial charge in [0.2, 0.25) is 5.95 Å². The number of rotatable bonds is 5.